The minimum atomic E-state index is -1.97. The standard InChI is InChI=1S/C12H7F4IO5/c1-12(2-20-11(19)21-3-12)10(18)22-9-6(15)4(13)5(14)8(17)7(9)16/h2-3H2,1H3. The highest BCUT2D eigenvalue weighted by molar-refractivity contribution is 14.1. The van der Waals surface area contributed by atoms with Crippen molar-refractivity contribution in [2.24, 2.45) is 5.41 Å². The van der Waals surface area contributed by atoms with Gasteiger partial charge in [-0.15, -0.1) is 0 Å². The molecule has 2 rings (SSSR count). The molecule has 0 amide bonds. The topological polar surface area (TPSA) is 61.8 Å². The van der Waals surface area contributed by atoms with E-state index < -0.39 is 63.3 Å². The SMILES string of the molecule is CC1(C(=O)Oc2c(F)c(F)c(F)c(I)c2F)COC(=O)OC1. The van der Waals surface area contributed by atoms with E-state index in [-0.39, 0.29) is 0 Å². The van der Waals surface area contributed by atoms with Crippen LogP contribution in [0.2, 0.25) is 0 Å². The zero-order valence-corrected chi connectivity index (χ0v) is 13.0. The molecule has 0 N–H and O–H groups in total. The molecule has 1 aromatic rings. The van der Waals surface area contributed by atoms with E-state index in [0.29, 0.717) is 0 Å². The fourth-order valence-electron chi connectivity index (χ4n) is 1.53. The molecule has 1 aliphatic rings. The van der Waals surface area contributed by atoms with Crippen LogP contribution in [0.3, 0.4) is 0 Å². The highest BCUT2D eigenvalue weighted by Gasteiger charge is 2.43. The van der Waals surface area contributed by atoms with Gasteiger partial charge in [-0.05, 0) is 29.5 Å². The molecule has 22 heavy (non-hydrogen) atoms. The first-order valence-electron chi connectivity index (χ1n) is 5.70. The van der Waals surface area contributed by atoms with Crippen LogP contribution < -0.4 is 4.74 Å². The van der Waals surface area contributed by atoms with Crippen molar-refractivity contribution in [3.63, 3.8) is 0 Å². The number of carbonyl (C=O) groups is 2. The van der Waals surface area contributed by atoms with Crippen molar-refractivity contribution in [2.45, 2.75) is 6.92 Å². The third-order valence-corrected chi connectivity index (χ3v) is 3.82. The fraction of sp³-hybridized carbons (Fsp3) is 0.333. The maximum atomic E-state index is 13.8. The van der Waals surface area contributed by atoms with Crippen molar-refractivity contribution < 1.29 is 41.4 Å². The molecule has 5 nitrogen and oxygen atoms in total. The maximum Gasteiger partial charge on any atom is 0.508 e. The lowest BCUT2D eigenvalue weighted by Crippen LogP contribution is -2.45. The molecule has 1 heterocycles. The van der Waals surface area contributed by atoms with Crippen LogP contribution in [0, 0.1) is 32.3 Å². The number of rotatable bonds is 2. The largest absolute Gasteiger partial charge is 0.508 e. The van der Waals surface area contributed by atoms with Crippen molar-refractivity contribution in [1.29, 1.82) is 0 Å². The Morgan fingerprint density at radius 3 is 2.18 bits per heavy atom. The summed E-state index contributed by atoms with van der Waals surface area (Å²) in [6, 6.07) is 0. The average molecular weight is 434 g/mol. The summed E-state index contributed by atoms with van der Waals surface area (Å²) in [5.41, 5.74) is -1.54. The van der Waals surface area contributed by atoms with E-state index in [4.69, 9.17) is 0 Å². The first kappa shape index (κ1) is 16.8. The monoisotopic (exact) mass is 434 g/mol. The maximum absolute atomic E-state index is 13.8. The van der Waals surface area contributed by atoms with E-state index in [2.05, 4.69) is 14.2 Å². The summed E-state index contributed by atoms with van der Waals surface area (Å²) in [6.45, 7) is 0.353. The van der Waals surface area contributed by atoms with E-state index in [1.165, 1.54) is 6.92 Å². The van der Waals surface area contributed by atoms with Gasteiger partial charge in [0.2, 0.25) is 11.6 Å². The molecule has 120 valence electrons. The van der Waals surface area contributed by atoms with Crippen LogP contribution >= 0.6 is 22.6 Å². The predicted molar refractivity (Wildman–Crippen MR) is 70.0 cm³/mol. The minimum Gasteiger partial charge on any atom is -0.433 e. The lowest BCUT2D eigenvalue weighted by Gasteiger charge is -2.29. The van der Waals surface area contributed by atoms with Gasteiger partial charge >= 0.3 is 12.1 Å². The van der Waals surface area contributed by atoms with Crippen LogP contribution in [0.15, 0.2) is 0 Å². The Balaban J connectivity index is 2.31. The number of hydrogen-bond acceptors (Lipinski definition) is 5. The number of hydrogen-bond donors (Lipinski definition) is 0. The Morgan fingerprint density at radius 2 is 1.64 bits per heavy atom. The second-order valence-corrected chi connectivity index (χ2v) is 5.76. The molecule has 1 aromatic carbocycles. The molecule has 0 atom stereocenters. The minimum absolute atomic E-state index is 0.450. The zero-order chi connectivity index (χ0) is 16.7. The highest BCUT2D eigenvalue weighted by atomic mass is 127. The van der Waals surface area contributed by atoms with Crippen LogP contribution in [0.25, 0.3) is 0 Å². The van der Waals surface area contributed by atoms with Gasteiger partial charge in [-0.2, -0.15) is 4.39 Å². The average Bonchev–Trinajstić information content (AvgIpc) is 2.50. The Labute approximate surface area is 134 Å². The van der Waals surface area contributed by atoms with E-state index in [1.807, 2.05) is 0 Å². The van der Waals surface area contributed by atoms with Gasteiger partial charge in [0.05, 0.1) is 3.57 Å². The molecule has 1 saturated heterocycles. The second-order valence-electron chi connectivity index (χ2n) is 4.68. The summed E-state index contributed by atoms with van der Waals surface area (Å²) in [7, 11) is 0. The van der Waals surface area contributed by atoms with Crippen LogP contribution in [-0.2, 0) is 14.3 Å². The Kier molecular flexibility index (Phi) is 4.49. The number of esters is 1. The molecular weight excluding hydrogens is 427 g/mol. The van der Waals surface area contributed by atoms with Crippen LogP contribution in [0.4, 0.5) is 22.4 Å². The molecule has 0 radical (unpaired) electrons. The molecule has 0 aliphatic carbocycles. The molecule has 0 unspecified atom stereocenters. The summed E-state index contributed by atoms with van der Waals surface area (Å²) in [4.78, 5) is 22.7. The number of benzene rings is 1. The first-order valence-corrected chi connectivity index (χ1v) is 6.78. The molecule has 10 heteroatoms. The molecule has 0 bridgehead atoms. The van der Waals surface area contributed by atoms with Crippen LogP contribution in [0.1, 0.15) is 6.92 Å². The summed E-state index contributed by atoms with van der Waals surface area (Å²) >= 11 is 1.10. The van der Waals surface area contributed by atoms with Crippen molar-refractivity contribution in [2.75, 3.05) is 13.2 Å². The van der Waals surface area contributed by atoms with Crippen molar-refractivity contribution in [3.8, 4) is 5.75 Å². The van der Waals surface area contributed by atoms with Gasteiger partial charge in [0.25, 0.3) is 0 Å². The van der Waals surface area contributed by atoms with Gasteiger partial charge in [-0.3, -0.25) is 4.79 Å². The normalized spacial score (nSPS) is 16.7. The van der Waals surface area contributed by atoms with Gasteiger partial charge in [-0.25, -0.2) is 18.0 Å². The lowest BCUT2D eigenvalue weighted by molar-refractivity contribution is -0.156. The van der Waals surface area contributed by atoms with E-state index in [1.54, 1.807) is 0 Å². The Hall–Kier alpha value is -1.59. The Morgan fingerprint density at radius 1 is 1.09 bits per heavy atom. The zero-order valence-electron chi connectivity index (χ0n) is 10.8. The van der Waals surface area contributed by atoms with Crippen LogP contribution in [-0.4, -0.2) is 25.3 Å². The summed E-state index contributed by atoms with van der Waals surface area (Å²) in [5.74, 6) is -9.81. The van der Waals surface area contributed by atoms with Crippen molar-refractivity contribution in [3.05, 3.63) is 26.8 Å². The fourth-order valence-corrected chi connectivity index (χ4v) is 2.01. The molecule has 1 fully saturated rings. The molecule has 0 spiro atoms. The smallest absolute Gasteiger partial charge is 0.433 e. The molecule has 0 saturated carbocycles. The number of cyclic esters (lactones) is 2. The van der Waals surface area contributed by atoms with Gasteiger partial charge in [0.1, 0.15) is 18.6 Å². The summed E-state index contributed by atoms with van der Waals surface area (Å²) in [5, 5.41) is 0. The Bertz CT molecular complexity index is 624. The molecular formula is C12H7F4IO5. The van der Waals surface area contributed by atoms with Gasteiger partial charge < -0.3 is 14.2 Å². The summed E-state index contributed by atoms with van der Waals surface area (Å²) in [6.07, 6.45) is -1.01. The van der Waals surface area contributed by atoms with E-state index in [0.717, 1.165) is 22.6 Å². The number of carbonyl (C=O) groups excluding carboxylic acids is 2. The van der Waals surface area contributed by atoms with Gasteiger partial charge in [-0.1, -0.05) is 0 Å². The van der Waals surface area contributed by atoms with Gasteiger partial charge in [0, 0.05) is 0 Å². The van der Waals surface area contributed by atoms with E-state index >= 15 is 0 Å². The molecule has 0 aromatic heterocycles. The second kappa shape index (κ2) is 5.89. The predicted octanol–water partition coefficient (Wildman–Crippen LogP) is 2.93. The summed E-state index contributed by atoms with van der Waals surface area (Å²) < 4.78 is 66.4. The van der Waals surface area contributed by atoms with Crippen LogP contribution in [0.5, 0.6) is 5.75 Å². The third kappa shape index (κ3) is 2.83. The number of ether oxygens (including phenoxy) is 3. The number of halogens is 5. The van der Waals surface area contributed by atoms with E-state index in [9.17, 15) is 27.2 Å². The quantitative estimate of drug-likeness (QED) is 0.179. The van der Waals surface area contributed by atoms with Gasteiger partial charge in [0.15, 0.2) is 17.5 Å². The lowest BCUT2D eigenvalue weighted by atomic mass is 9.92. The molecule has 1 aliphatic heterocycles. The highest BCUT2D eigenvalue weighted by Crippen LogP contribution is 2.33. The first-order chi connectivity index (χ1) is 10.2. The van der Waals surface area contributed by atoms with Crippen molar-refractivity contribution in [1.82, 2.24) is 0 Å². The third-order valence-electron chi connectivity index (χ3n) is 2.87. The van der Waals surface area contributed by atoms with Crippen molar-refractivity contribution >= 4 is 34.7 Å².